The summed E-state index contributed by atoms with van der Waals surface area (Å²) in [4.78, 5) is 42.9. The van der Waals surface area contributed by atoms with E-state index >= 15 is 0 Å². The maximum atomic E-state index is 12.6. The maximum Gasteiger partial charge on any atom is 0.328 e. The fraction of sp³-hybridized carbons (Fsp3) is 0.562. The Balaban J connectivity index is 1.58. The van der Waals surface area contributed by atoms with E-state index in [-0.39, 0.29) is 24.4 Å². The zero-order chi connectivity index (χ0) is 18.7. The molecule has 10 heteroatoms. The van der Waals surface area contributed by atoms with Gasteiger partial charge in [-0.05, 0) is 12.1 Å². The minimum Gasteiger partial charge on any atom is -0.383 e. The van der Waals surface area contributed by atoms with Crippen molar-refractivity contribution in [1.82, 2.24) is 20.0 Å². The lowest BCUT2D eigenvalue weighted by Crippen LogP contribution is -2.52. The van der Waals surface area contributed by atoms with Gasteiger partial charge >= 0.3 is 6.03 Å². The first kappa shape index (κ1) is 19.1. The number of halogens is 1. The molecule has 2 fully saturated rings. The largest absolute Gasteiger partial charge is 0.383 e. The lowest BCUT2D eigenvalue weighted by molar-refractivity contribution is -0.133. The third-order valence-electron chi connectivity index (χ3n) is 4.43. The Morgan fingerprint density at radius 3 is 2.88 bits per heavy atom. The van der Waals surface area contributed by atoms with Crippen molar-refractivity contribution < 1.29 is 19.1 Å². The number of imide groups is 1. The molecule has 0 aliphatic carbocycles. The van der Waals surface area contributed by atoms with Crippen LogP contribution in [0.5, 0.6) is 0 Å². The minimum atomic E-state index is -0.529. The Hall–Kier alpha value is -1.68. The zero-order valence-corrected chi connectivity index (χ0v) is 16.0. The van der Waals surface area contributed by atoms with Gasteiger partial charge in [-0.2, -0.15) is 0 Å². The van der Waals surface area contributed by atoms with Crippen molar-refractivity contribution in [2.75, 3.05) is 46.4 Å². The molecular weight excluding hydrogens is 380 g/mol. The minimum absolute atomic E-state index is 0.255. The SMILES string of the molecule is COCCNC(=O)CN1C(=O)C2CN(Cc3ccc(Cl)s3)CCN2C1=O. The normalized spacial score (nSPS) is 20.6. The second-order valence-corrected chi connectivity index (χ2v) is 8.00. The average Bonchev–Trinajstić information content (AvgIpc) is 3.12. The van der Waals surface area contributed by atoms with Gasteiger partial charge in [0.25, 0.3) is 5.91 Å². The van der Waals surface area contributed by atoms with Crippen LogP contribution in [0.4, 0.5) is 4.79 Å². The van der Waals surface area contributed by atoms with Gasteiger partial charge in [-0.1, -0.05) is 11.6 Å². The summed E-state index contributed by atoms with van der Waals surface area (Å²) < 4.78 is 5.59. The number of amides is 4. The highest BCUT2D eigenvalue weighted by molar-refractivity contribution is 7.16. The zero-order valence-electron chi connectivity index (χ0n) is 14.4. The van der Waals surface area contributed by atoms with E-state index in [1.165, 1.54) is 18.4 Å². The summed E-state index contributed by atoms with van der Waals surface area (Å²) in [5.74, 6) is -0.681. The molecule has 0 radical (unpaired) electrons. The molecule has 2 saturated heterocycles. The van der Waals surface area contributed by atoms with Crippen LogP contribution in [-0.2, 0) is 20.9 Å². The topological polar surface area (TPSA) is 82.2 Å². The van der Waals surface area contributed by atoms with E-state index < -0.39 is 6.04 Å². The van der Waals surface area contributed by atoms with Gasteiger partial charge in [0.1, 0.15) is 12.6 Å². The van der Waals surface area contributed by atoms with Gasteiger partial charge in [-0.15, -0.1) is 11.3 Å². The summed E-state index contributed by atoms with van der Waals surface area (Å²) in [7, 11) is 1.54. The predicted octanol–water partition coefficient (Wildman–Crippen LogP) is 0.613. The number of piperazine rings is 1. The Kier molecular flexibility index (Phi) is 6.13. The maximum absolute atomic E-state index is 12.6. The van der Waals surface area contributed by atoms with Gasteiger partial charge in [0.2, 0.25) is 5.91 Å². The molecule has 0 spiro atoms. The van der Waals surface area contributed by atoms with E-state index in [2.05, 4.69) is 10.2 Å². The molecule has 1 atom stereocenters. The Morgan fingerprint density at radius 2 is 2.19 bits per heavy atom. The number of fused-ring (bicyclic) bond motifs is 1. The van der Waals surface area contributed by atoms with Crippen molar-refractivity contribution in [3.8, 4) is 0 Å². The number of methoxy groups -OCH3 is 1. The quantitative estimate of drug-likeness (QED) is 0.535. The molecule has 1 aromatic rings. The summed E-state index contributed by atoms with van der Waals surface area (Å²) in [6, 6.07) is 2.91. The van der Waals surface area contributed by atoms with Crippen molar-refractivity contribution in [1.29, 1.82) is 0 Å². The number of nitrogens with one attached hydrogen (secondary N) is 1. The first-order chi connectivity index (χ1) is 12.5. The van der Waals surface area contributed by atoms with E-state index in [0.29, 0.717) is 39.3 Å². The number of rotatable bonds is 7. The van der Waals surface area contributed by atoms with Crippen molar-refractivity contribution in [2.45, 2.75) is 12.6 Å². The van der Waals surface area contributed by atoms with E-state index in [1.807, 2.05) is 12.1 Å². The average molecular weight is 401 g/mol. The van der Waals surface area contributed by atoms with Crippen LogP contribution in [0.3, 0.4) is 0 Å². The molecule has 0 bridgehead atoms. The number of hydrogen-bond donors (Lipinski definition) is 1. The molecule has 3 heterocycles. The van der Waals surface area contributed by atoms with E-state index in [0.717, 1.165) is 14.1 Å². The monoisotopic (exact) mass is 400 g/mol. The molecule has 3 rings (SSSR count). The van der Waals surface area contributed by atoms with E-state index in [4.69, 9.17) is 16.3 Å². The number of hydrogen-bond acceptors (Lipinski definition) is 6. The summed E-state index contributed by atoms with van der Waals surface area (Å²) >= 11 is 7.47. The molecule has 1 unspecified atom stereocenters. The number of ether oxygens (including phenoxy) is 1. The van der Waals surface area contributed by atoms with Crippen molar-refractivity contribution in [2.24, 2.45) is 0 Å². The van der Waals surface area contributed by atoms with Gasteiger partial charge < -0.3 is 15.0 Å². The standard InChI is InChI=1S/C16H21ClN4O4S/c1-25-7-4-18-14(22)10-21-15(23)12-9-19(5-6-20(12)16(21)24)8-11-2-3-13(17)26-11/h2-3,12H,4-10H2,1H3,(H,18,22). The number of carbonyl (C=O) groups is 3. The Morgan fingerprint density at radius 1 is 1.38 bits per heavy atom. The number of carbonyl (C=O) groups excluding carboxylic acids is 3. The fourth-order valence-corrected chi connectivity index (χ4v) is 4.28. The van der Waals surface area contributed by atoms with Gasteiger partial charge in [0.15, 0.2) is 0 Å². The van der Waals surface area contributed by atoms with Crippen LogP contribution in [0.15, 0.2) is 12.1 Å². The third-order valence-corrected chi connectivity index (χ3v) is 5.65. The highest BCUT2D eigenvalue weighted by atomic mass is 35.5. The molecule has 1 N–H and O–H groups in total. The van der Waals surface area contributed by atoms with E-state index in [9.17, 15) is 14.4 Å². The Labute approximate surface area is 160 Å². The first-order valence-electron chi connectivity index (χ1n) is 8.33. The molecular formula is C16H21ClN4O4S. The van der Waals surface area contributed by atoms with Crippen LogP contribution in [-0.4, -0.2) is 85.0 Å². The highest BCUT2D eigenvalue weighted by Crippen LogP contribution is 2.26. The summed E-state index contributed by atoms with van der Waals surface area (Å²) in [6.07, 6.45) is 0. The molecule has 2 aliphatic heterocycles. The van der Waals surface area contributed by atoms with Gasteiger partial charge in [-0.25, -0.2) is 4.79 Å². The Bertz CT molecular complexity index is 698. The molecule has 142 valence electrons. The molecule has 4 amide bonds. The first-order valence-corrected chi connectivity index (χ1v) is 9.53. The summed E-state index contributed by atoms with van der Waals surface area (Å²) in [6.45, 7) is 2.77. The summed E-state index contributed by atoms with van der Waals surface area (Å²) in [5, 5.41) is 2.63. The molecule has 8 nitrogen and oxygen atoms in total. The molecule has 2 aliphatic rings. The number of urea groups is 1. The van der Waals surface area contributed by atoms with Crippen molar-refractivity contribution in [3.05, 3.63) is 21.3 Å². The van der Waals surface area contributed by atoms with Gasteiger partial charge in [-0.3, -0.25) is 19.4 Å². The second kappa shape index (κ2) is 8.34. The van der Waals surface area contributed by atoms with Crippen LogP contribution in [0.2, 0.25) is 4.34 Å². The van der Waals surface area contributed by atoms with Crippen LogP contribution < -0.4 is 5.32 Å². The molecule has 0 aromatic carbocycles. The van der Waals surface area contributed by atoms with Crippen LogP contribution in [0.1, 0.15) is 4.88 Å². The number of nitrogens with zero attached hydrogens (tertiary/aromatic N) is 3. The molecule has 0 saturated carbocycles. The highest BCUT2D eigenvalue weighted by Gasteiger charge is 2.48. The van der Waals surface area contributed by atoms with Crippen molar-refractivity contribution in [3.63, 3.8) is 0 Å². The number of thiophene rings is 1. The van der Waals surface area contributed by atoms with Crippen molar-refractivity contribution >= 4 is 40.8 Å². The van der Waals surface area contributed by atoms with Gasteiger partial charge in [0, 0.05) is 44.7 Å². The van der Waals surface area contributed by atoms with E-state index in [1.54, 1.807) is 4.90 Å². The molecule has 1 aromatic heterocycles. The summed E-state index contributed by atoms with van der Waals surface area (Å²) in [5.41, 5.74) is 0. The van der Waals surface area contributed by atoms with Crippen LogP contribution in [0.25, 0.3) is 0 Å². The lowest BCUT2D eigenvalue weighted by atomic mass is 10.2. The third kappa shape index (κ3) is 4.17. The predicted molar refractivity (Wildman–Crippen MR) is 97.1 cm³/mol. The van der Waals surface area contributed by atoms with Gasteiger partial charge in [0.05, 0.1) is 10.9 Å². The molecule has 26 heavy (non-hydrogen) atoms. The second-order valence-electron chi connectivity index (χ2n) is 6.20. The lowest BCUT2D eigenvalue weighted by Gasteiger charge is -2.35. The fourth-order valence-electron chi connectivity index (χ4n) is 3.15. The van der Waals surface area contributed by atoms with Crippen LogP contribution in [0, 0.1) is 0 Å². The van der Waals surface area contributed by atoms with Crippen LogP contribution >= 0.6 is 22.9 Å². The smallest absolute Gasteiger partial charge is 0.328 e.